The van der Waals surface area contributed by atoms with Crippen LogP contribution in [0.4, 0.5) is 0 Å². The summed E-state index contributed by atoms with van der Waals surface area (Å²) in [5.41, 5.74) is 0. The molecule has 3 unspecified atom stereocenters. The zero-order valence-electron chi connectivity index (χ0n) is 11.2. The summed E-state index contributed by atoms with van der Waals surface area (Å²) in [6.07, 6.45) is 1.32. The van der Waals surface area contributed by atoms with Gasteiger partial charge in [-0.3, -0.25) is 4.90 Å². The lowest BCUT2D eigenvalue weighted by Crippen LogP contribution is -2.50. The highest BCUT2D eigenvalue weighted by Crippen LogP contribution is 2.23. The van der Waals surface area contributed by atoms with E-state index in [0.717, 1.165) is 32.5 Å². The van der Waals surface area contributed by atoms with Gasteiger partial charge >= 0.3 is 0 Å². The molecule has 0 aliphatic carbocycles. The van der Waals surface area contributed by atoms with Crippen molar-refractivity contribution in [2.45, 2.75) is 38.0 Å². The van der Waals surface area contributed by atoms with E-state index in [9.17, 15) is 13.5 Å². The van der Waals surface area contributed by atoms with Crippen molar-refractivity contribution >= 4 is 9.84 Å². The Morgan fingerprint density at radius 1 is 1.28 bits per heavy atom. The molecule has 0 spiro atoms. The number of nitrogens with zero attached hydrogens (tertiary/aromatic N) is 2. The summed E-state index contributed by atoms with van der Waals surface area (Å²) >= 11 is 0. The average molecular weight is 276 g/mol. The van der Waals surface area contributed by atoms with Gasteiger partial charge < -0.3 is 10.0 Å². The maximum Gasteiger partial charge on any atom is 0.154 e. The van der Waals surface area contributed by atoms with Crippen LogP contribution in [0.15, 0.2) is 0 Å². The fourth-order valence-electron chi connectivity index (χ4n) is 3.19. The van der Waals surface area contributed by atoms with Crippen molar-refractivity contribution in [3.8, 4) is 0 Å². The molecule has 2 fully saturated rings. The van der Waals surface area contributed by atoms with Gasteiger partial charge in [0.25, 0.3) is 0 Å². The Balaban J connectivity index is 2.14. The van der Waals surface area contributed by atoms with Crippen LogP contribution in [0.1, 0.15) is 19.8 Å². The Hall–Kier alpha value is -0.170. The topological polar surface area (TPSA) is 60.9 Å². The summed E-state index contributed by atoms with van der Waals surface area (Å²) in [5.74, 6) is 0.0504. The van der Waals surface area contributed by atoms with Gasteiger partial charge in [-0.1, -0.05) is 6.92 Å². The predicted octanol–water partition coefficient (Wildman–Crippen LogP) is -0.440. The van der Waals surface area contributed by atoms with Gasteiger partial charge in [0.1, 0.15) is 0 Å². The van der Waals surface area contributed by atoms with Gasteiger partial charge in [0.15, 0.2) is 9.84 Å². The molecule has 1 N–H and O–H groups in total. The molecule has 2 aliphatic heterocycles. The van der Waals surface area contributed by atoms with Gasteiger partial charge in [0, 0.05) is 19.1 Å². The maximum absolute atomic E-state index is 11.6. The van der Waals surface area contributed by atoms with Crippen LogP contribution < -0.4 is 0 Å². The number of hydrogen-bond acceptors (Lipinski definition) is 5. The van der Waals surface area contributed by atoms with Gasteiger partial charge in [-0.05, 0) is 26.4 Å². The first-order valence-electron chi connectivity index (χ1n) is 6.75. The fraction of sp³-hybridized carbons (Fsp3) is 1.00. The molecule has 3 atom stereocenters. The number of likely N-dealkylation sites (N-methyl/N-ethyl adjacent to an activating group) is 1. The Kier molecular flexibility index (Phi) is 4.31. The molecule has 2 saturated heterocycles. The molecule has 0 aromatic rings. The molecule has 18 heavy (non-hydrogen) atoms. The lowest BCUT2D eigenvalue weighted by Gasteiger charge is -2.35. The van der Waals surface area contributed by atoms with Gasteiger partial charge in [-0.25, -0.2) is 8.42 Å². The van der Waals surface area contributed by atoms with E-state index >= 15 is 0 Å². The molecule has 5 nitrogen and oxygen atoms in total. The van der Waals surface area contributed by atoms with Crippen molar-refractivity contribution in [1.29, 1.82) is 0 Å². The van der Waals surface area contributed by atoms with Crippen LogP contribution >= 0.6 is 0 Å². The third kappa shape index (κ3) is 3.04. The molecular weight excluding hydrogens is 252 g/mol. The highest BCUT2D eigenvalue weighted by molar-refractivity contribution is 7.91. The van der Waals surface area contributed by atoms with Crippen molar-refractivity contribution in [3.63, 3.8) is 0 Å². The first kappa shape index (κ1) is 14.2. The molecule has 0 saturated carbocycles. The van der Waals surface area contributed by atoms with E-state index in [1.165, 1.54) is 0 Å². The average Bonchev–Trinajstić information content (AvgIpc) is 2.46. The van der Waals surface area contributed by atoms with E-state index < -0.39 is 15.9 Å². The Bertz CT molecular complexity index is 385. The predicted molar refractivity (Wildman–Crippen MR) is 71.3 cm³/mol. The van der Waals surface area contributed by atoms with E-state index in [2.05, 4.69) is 23.8 Å². The van der Waals surface area contributed by atoms with Crippen LogP contribution in [0.3, 0.4) is 0 Å². The van der Waals surface area contributed by atoms with Crippen LogP contribution in [0.5, 0.6) is 0 Å². The summed E-state index contributed by atoms with van der Waals surface area (Å²) in [7, 11) is -0.951. The third-order valence-corrected chi connectivity index (χ3v) is 5.84. The minimum Gasteiger partial charge on any atom is -0.390 e. The molecular formula is C12H24N2O3S. The fourth-order valence-corrected chi connectivity index (χ4v) is 5.00. The van der Waals surface area contributed by atoms with E-state index in [1.807, 2.05) is 0 Å². The molecule has 2 rings (SSSR count). The van der Waals surface area contributed by atoms with Gasteiger partial charge in [0.2, 0.25) is 0 Å². The first-order valence-corrected chi connectivity index (χ1v) is 8.58. The maximum atomic E-state index is 11.6. The highest BCUT2D eigenvalue weighted by Gasteiger charge is 2.42. The smallest absolute Gasteiger partial charge is 0.154 e. The van der Waals surface area contributed by atoms with E-state index in [4.69, 9.17) is 0 Å². The summed E-state index contributed by atoms with van der Waals surface area (Å²) in [6, 6.07) is 0.150. The summed E-state index contributed by atoms with van der Waals surface area (Å²) in [5, 5.41) is 10.0. The molecule has 0 amide bonds. The van der Waals surface area contributed by atoms with Crippen molar-refractivity contribution in [1.82, 2.24) is 9.80 Å². The molecule has 6 heteroatoms. The largest absolute Gasteiger partial charge is 0.390 e. The number of aliphatic hydroxyl groups is 1. The zero-order valence-corrected chi connectivity index (χ0v) is 12.1. The Morgan fingerprint density at radius 2 is 2.00 bits per heavy atom. The summed E-state index contributed by atoms with van der Waals surface area (Å²) < 4.78 is 23.3. The SMILES string of the molecule is CCC1CN(C)CCCN1C1CS(=O)(=O)CC1O. The quantitative estimate of drug-likeness (QED) is 0.741. The van der Waals surface area contributed by atoms with Crippen LogP contribution in [-0.4, -0.2) is 79.7 Å². The Labute approximate surface area is 110 Å². The van der Waals surface area contributed by atoms with Crippen LogP contribution in [0.2, 0.25) is 0 Å². The number of sulfone groups is 1. The van der Waals surface area contributed by atoms with Crippen molar-refractivity contribution in [3.05, 3.63) is 0 Å². The van der Waals surface area contributed by atoms with Crippen molar-refractivity contribution < 1.29 is 13.5 Å². The monoisotopic (exact) mass is 276 g/mol. The summed E-state index contributed by atoms with van der Waals surface area (Å²) in [6.45, 7) is 5.02. The number of aliphatic hydroxyl groups excluding tert-OH is 1. The third-order valence-electron chi connectivity index (χ3n) is 4.14. The van der Waals surface area contributed by atoms with Gasteiger partial charge in [-0.2, -0.15) is 0 Å². The standard InChI is InChI=1S/C12H24N2O3S/c1-3-10-7-13(2)5-4-6-14(10)11-8-18(16,17)9-12(11)15/h10-12,15H,3-9H2,1-2H3. The van der Waals surface area contributed by atoms with E-state index in [-0.39, 0.29) is 17.5 Å². The van der Waals surface area contributed by atoms with E-state index in [0.29, 0.717) is 6.04 Å². The molecule has 0 bridgehead atoms. The lowest BCUT2D eigenvalue weighted by molar-refractivity contribution is 0.0533. The second kappa shape index (κ2) is 5.45. The second-order valence-electron chi connectivity index (χ2n) is 5.63. The van der Waals surface area contributed by atoms with E-state index in [1.54, 1.807) is 0 Å². The molecule has 2 aliphatic rings. The zero-order chi connectivity index (χ0) is 13.3. The summed E-state index contributed by atoms with van der Waals surface area (Å²) in [4.78, 5) is 4.53. The normalized spacial score (nSPS) is 38.7. The number of hydrogen-bond donors (Lipinski definition) is 1. The lowest BCUT2D eigenvalue weighted by atomic mass is 10.1. The second-order valence-corrected chi connectivity index (χ2v) is 7.78. The van der Waals surface area contributed by atoms with Crippen LogP contribution in [0.25, 0.3) is 0 Å². The van der Waals surface area contributed by atoms with Crippen LogP contribution in [-0.2, 0) is 9.84 Å². The molecule has 0 radical (unpaired) electrons. The molecule has 0 aromatic heterocycles. The minimum absolute atomic E-state index is 0.0690. The minimum atomic E-state index is -3.06. The highest BCUT2D eigenvalue weighted by atomic mass is 32.2. The first-order chi connectivity index (χ1) is 8.43. The molecule has 106 valence electrons. The van der Waals surface area contributed by atoms with Crippen molar-refractivity contribution in [2.24, 2.45) is 0 Å². The Morgan fingerprint density at radius 3 is 2.56 bits per heavy atom. The molecule has 0 aromatic carbocycles. The molecule has 2 heterocycles. The van der Waals surface area contributed by atoms with Crippen molar-refractivity contribution in [2.75, 3.05) is 38.2 Å². The van der Waals surface area contributed by atoms with Crippen LogP contribution in [0, 0.1) is 0 Å². The van der Waals surface area contributed by atoms with Gasteiger partial charge in [0.05, 0.1) is 23.7 Å². The van der Waals surface area contributed by atoms with Gasteiger partial charge in [-0.15, -0.1) is 0 Å². The number of rotatable bonds is 2.